The molecule has 0 saturated carbocycles. The summed E-state index contributed by atoms with van der Waals surface area (Å²) >= 11 is 1.38. The van der Waals surface area contributed by atoms with Gasteiger partial charge in [0.2, 0.25) is 0 Å². The molecule has 152 valence electrons. The Labute approximate surface area is 157 Å². The first-order chi connectivity index (χ1) is 12.6. The lowest BCUT2D eigenvalue weighted by Gasteiger charge is -2.44. The lowest BCUT2D eigenvalue weighted by molar-refractivity contribution is -0.190. The summed E-state index contributed by atoms with van der Waals surface area (Å²) in [4.78, 5) is 5.85. The van der Waals surface area contributed by atoms with Gasteiger partial charge in [-0.2, -0.15) is 0 Å². The first-order valence-electron chi connectivity index (χ1n) is 8.99. The molecule has 0 aliphatic carbocycles. The fourth-order valence-corrected chi connectivity index (χ4v) is 4.07. The Morgan fingerprint density at radius 2 is 1.54 bits per heavy atom. The minimum atomic E-state index is -1.43. The number of amidine groups is 1. The molecule has 0 spiro atoms. The van der Waals surface area contributed by atoms with E-state index in [2.05, 4.69) is 11.9 Å². The second-order valence-corrected chi connectivity index (χ2v) is 7.16. The van der Waals surface area contributed by atoms with Gasteiger partial charge in [-0.3, -0.25) is 4.99 Å². The zero-order valence-electron chi connectivity index (χ0n) is 15.1. The monoisotopic (exact) mass is 394 g/mol. The quantitative estimate of drug-likeness (QED) is 0.314. The standard InChI is InChI=1S/C16H30N2O7S/c1-2-4-23-6-8-25-9-7-24-5-3-17-16-18-11(10-26-16)12(19)13(20)14(21)15(18)22/h11-15,19-22H,2-10H2,1H3. The third-order valence-electron chi connectivity index (χ3n) is 4.22. The maximum atomic E-state index is 10.1. The highest BCUT2D eigenvalue weighted by Gasteiger charge is 2.51. The van der Waals surface area contributed by atoms with E-state index in [0.29, 0.717) is 50.5 Å². The van der Waals surface area contributed by atoms with E-state index in [-0.39, 0.29) is 0 Å². The Kier molecular flexibility index (Phi) is 9.57. The molecule has 0 aromatic heterocycles. The first kappa shape index (κ1) is 21.8. The summed E-state index contributed by atoms with van der Waals surface area (Å²) in [5.41, 5.74) is 0. The van der Waals surface area contributed by atoms with Gasteiger partial charge in [-0.05, 0) is 6.42 Å². The lowest BCUT2D eigenvalue weighted by atomic mass is 9.94. The molecule has 0 bridgehead atoms. The van der Waals surface area contributed by atoms with E-state index in [0.717, 1.165) is 13.0 Å². The van der Waals surface area contributed by atoms with Gasteiger partial charge >= 0.3 is 0 Å². The van der Waals surface area contributed by atoms with E-state index in [1.165, 1.54) is 16.7 Å². The summed E-state index contributed by atoms with van der Waals surface area (Å²) in [6, 6.07) is -0.462. The molecule has 5 atom stereocenters. The Balaban J connectivity index is 1.62. The minimum absolute atomic E-state index is 0.395. The van der Waals surface area contributed by atoms with Gasteiger partial charge < -0.3 is 39.5 Å². The van der Waals surface area contributed by atoms with Crippen LogP contribution in [0.15, 0.2) is 4.99 Å². The van der Waals surface area contributed by atoms with E-state index in [9.17, 15) is 20.4 Å². The maximum absolute atomic E-state index is 10.1. The van der Waals surface area contributed by atoms with Crippen molar-refractivity contribution in [1.82, 2.24) is 4.90 Å². The SMILES string of the molecule is CCCOCCOCCOCCN=C1SCC2C(O)C(O)C(O)C(O)N12. The van der Waals surface area contributed by atoms with Crippen molar-refractivity contribution in [2.75, 3.05) is 51.9 Å². The van der Waals surface area contributed by atoms with E-state index in [4.69, 9.17) is 14.2 Å². The molecule has 9 nitrogen and oxygen atoms in total. The Morgan fingerprint density at radius 1 is 0.923 bits per heavy atom. The van der Waals surface area contributed by atoms with Gasteiger partial charge in [0.1, 0.15) is 18.3 Å². The Morgan fingerprint density at radius 3 is 2.19 bits per heavy atom. The topological polar surface area (TPSA) is 124 Å². The highest BCUT2D eigenvalue weighted by molar-refractivity contribution is 8.14. The smallest absolute Gasteiger partial charge is 0.161 e. The lowest BCUT2D eigenvalue weighted by Crippen LogP contribution is -2.65. The van der Waals surface area contributed by atoms with E-state index >= 15 is 0 Å². The molecule has 10 heteroatoms. The van der Waals surface area contributed by atoms with E-state index < -0.39 is 30.6 Å². The molecule has 0 radical (unpaired) electrons. The van der Waals surface area contributed by atoms with Gasteiger partial charge in [0.05, 0.1) is 45.6 Å². The van der Waals surface area contributed by atoms with E-state index in [1.807, 2.05) is 0 Å². The van der Waals surface area contributed by atoms with Gasteiger partial charge in [-0.1, -0.05) is 18.7 Å². The van der Waals surface area contributed by atoms with Crippen LogP contribution in [0.25, 0.3) is 0 Å². The van der Waals surface area contributed by atoms with Crippen LogP contribution < -0.4 is 0 Å². The number of thioether (sulfide) groups is 1. The van der Waals surface area contributed by atoms with Crippen LogP contribution in [-0.4, -0.2) is 113 Å². The Bertz CT molecular complexity index is 443. The average Bonchev–Trinajstić information content (AvgIpc) is 3.06. The summed E-state index contributed by atoms with van der Waals surface area (Å²) in [5.74, 6) is 0.496. The fraction of sp³-hybridized carbons (Fsp3) is 0.938. The van der Waals surface area contributed by atoms with Crippen molar-refractivity contribution in [2.45, 2.75) is 43.9 Å². The first-order valence-corrected chi connectivity index (χ1v) is 9.97. The summed E-state index contributed by atoms with van der Waals surface area (Å²) < 4.78 is 16.1. The van der Waals surface area contributed by atoms with Crippen molar-refractivity contribution in [2.24, 2.45) is 4.99 Å². The molecule has 2 heterocycles. The zero-order chi connectivity index (χ0) is 18.9. The van der Waals surface area contributed by atoms with Crippen LogP contribution in [0, 0.1) is 0 Å². The minimum Gasteiger partial charge on any atom is -0.388 e. The largest absolute Gasteiger partial charge is 0.388 e. The van der Waals surface area contributed by atoms with Crippen molar-refractivity contribution < 1.29 is 34.6 Å². The van der Waals surface area contributed by atoms with Gasteiger partial charge in [0.25, 0.3) is 0 Å². The van der Waals surface area contributed by atoms with Crippen LogP contribution >= 0.6 is 11.8 Å². The molecule has 2 rings (SSSR count). The Hall–Kier alpha value is -0.460. The number of aliphatic hydroxyl groups is 4. The third kappa shape index (κ3) is 5.77. The predicted octanol–water partition coefficient (Wildman–Crippen LogP) is -1.37. The molecule has 2 aliphatic rings. The molecule has 2 aliphatic heterocycles. The van der Waals surface area contributed by atoms with Crippen LogP contribution in [0.4, 0.5) is 0 Å². The number of aliphatic imine (C=N–C) groups is 1. The van der Waals surface area contributed by atoms with Crippen molar-refractivity contribution in [3.63, 3.8) is 0 Å². The third-order valence-corrected chi connectivity index (χ3v) is 5.33. The van der Waals surface area contributed by atoms with Crippen LogP contribution in [-0.2, 0) is 14.2 Å². The number of nitrogens with zero attached hydrogens (tertiary/aromatic N) is 2. The average molecular weight is 394 g/mol. The summed E-state index contributed by atoms with van der Waals surface area (Å²) in [5, 5.41) is 40.3. The van der Waals surface area contributed by atoms with E-state index in [1.54, 1.807) is 0 Å². The highest BCUT2D eigenvalue weighted by atomic mass is 32.2. The van der Waals surface area contributed by atoms with Gasteiger partial charge in [-0.25, -0.2) is 0 Å². The van der Waals surface area contributed by atoms with Crippen LogP contribution in [0.2, 0.25) is 0 Å². The summed E-state index contributed by atoms with van der Waals surface area (Å²) in [7, 11) is 0. The summed E-state index contributed by atoms with van der Waals surface area (Å²) in [6.45, 7) is 5.69. The second kappa shape index (κ2) is 11.4. The predicted molar refractivity (Wildman–Crippen MR) is 97.2 cm³/mol. The number of piperidine rings is 1. The van der Waals surface area contributed by atoms with Gasteiger partial charge in [-0.15, -0.1) is 0 Å². The molecule has 0 aromatic carbocycles. The maximum Gasteiger partial charge on any atom is 0.161 e. The van der Waals surface area contributed by atoms with Crippen LogP contribution in [0.1, 0.15) is 13.3 Å². The van der Waals surface area contributed by atoms with Gasteiger partial charge in [0, 0.05) is 12.4 Å². The number of ether oxygens (including phenoxy) is 3. The number of rotatable bonds is 11. The molecule has 4 N–H and O–H groups in total. The van der Waals surface area contributed by atoms with Gasteiger partial charge in [0.15, 0.2) is 11.4 Å². The fourth-order valence-electron chi connectivity index (χ4n) is 2.82. The number of aliphatic hydroxyl groups excluding tert-OH is 4. The molecule has 2 fully saturated rings. The molecule has 0 aromatic rings. The molecule has 26 heavy (non-hydrogen) atoms. The van der Waals surface area contributed by atoms with Crippen molar-refractivity contribution in [3.8, 4) is 0 Å². The molecular weight excluding hydrogens is 364 g/mol. The second-order valence-electron chi connectivity index (χ2n) is 6.17. The van der Waals surface area contributed by atoms with Crippen molar-refractivity contribution in [3.05, 3.63) is 0 Å². The van der Waals surface area contributed by atoms with Crippen molar-refractivity contribution >= 4 is 16.9 Å². The normalized spacial score (nSPS) is 33.0. The number of hydrogen-bond donors (Lipinski definition) is 4. The van der Waals surface area contributed by atoms with Crippen LogP contribution in [0.5, 0.6) is 0 Å². The molecule has 5 unspecified atom stereocenters. The summed E-state index contributed by atoms with van der Waals surface area (Å²) in [6.07, 6.45) is -4.20. The molecule has 0 amide bonds. The molecular formula is C16H30N2O7S. The highest BCUT2D eigenvalue weighted by Crippen LogP contribution is 2.34. The zero-order valence-corrected chi connectivity index (χ0v) is 15.9. The number of fused-ring (bicyclic) bond motifs is 1. The number of hydrogen-bond acceptors (Lipinski definition) is 9. The van der Waals surface area contributed by atoms with Crippen molar-refractivity contribution in [1.29, 1.82) is 0 Å². The molecule has 2 saturated heterocycles. The van der Waals surface area contributed by atoms with Crippen LogP contribution in [0.3, 0.4) is 0 Å².